The fraction of sp³-hybridized carbons (Fsp3) is 0.304. The summed E-state index contributed by atoms with van der Waals surface area (Å²) in [5.74, 6) is -0.308. The molecule has 1 aliphatic rings. The van der Waals surface area contributed by atoms with Gasteiger partial charge >= 0.3 is 0 Å². The van der Waals surface area contributed by atoms with E-state index in [2.05, 4.69) is 43.7 Å². The number of carbonyl (C=O) groups excluding carboxylic acids is 1. The van der Waals surface area contributed by atoms with Crippen LogP contribution in [0.3, 0.4) is 0 Å². The maximum absolute atomic E-state index is 12.6. The van der Waals surface area contributed by atoms with Crippen molar-refractivity contribution in [2.75, 3.05) is 19.6 Å². The highest BCUT2D eigenvalue weighted by Gasteiger charge is 2.19. The Morgan fingerprint density at radius 2 is 2.00 bits per heavy atom. The number of amides is 1. The third kappa shape index (κ3) is 4.25. The molecule has 2 N–H and O–H groups in total. The molecule has 1 aliphatic heterocycles. The molecule has 0 bridgehead atoms. The summed E-state index contributed by atoms with van der Waals surface area (Å²) in [5, 5.41) is 21.3. The predicted molar refractivity (Wildman–Crippen MR) is 119 cm³/mol. The molecule has 32 heavy (non-hydrogen) atoms. The molecule has 3 aromatic heterocycles. The number of pyridine rings is 1. The molecule has 0 saturated heterocycles. The number of imidazole rings is 1. The second kappa shape index (κ2) is 8.52. The van der Waals surface area contributed by atoms with Gasteiger partial charge in [0.1, 0.15) is 17.0 Å². The second-order valence-corrected chi connectivity index (χ2v) is 8.20. The van der Waals surface area contributed by atoms with Crippen LogP contribution in [0, 0.1) is 0 Å². The molecule has 0 saturated carbocycles. The summed E-state index contributed by atoms with van der Waals surface area (Å²) in [7, 11) is 1.81. The Morgan fingerprint density at radius 1 is 1.16 bits per heavy atom. The first-order valence-corrected chi connectivity index (χ1v) is 10.7. The van der Waals surface area contributed by atoms with Crippen LogP contribution in [0.15, 0.2) is 55.0 Å². The topological polar surface area (TPSA) is 101 Å². The Labute approximate surface area is 185 Å². The average Bonchev–Trinajstić information content (AvgIpc) is 3.43. The Bertz CT molecular complexity index is 1260. The SMILES string of the molecule is Cn1cc(-c2ccc3nc(C(=O)NC[C@H](O)CN4CCc5ccccc5C4)cn3c2)nn1. The van der Waals surface area contributed by atoms with Crippen molar-refractivity contribution in [3.63, 3.8) is 0 Å². The van der Waals surface area contributed by atoms with E-state index < -0.39 is 6.10 Å². The van der Waals surface area contributed by atoms with Crippen molar-refractivity contribution in [1.82, 2.24) is 34.6 Å². The number of rotatable bonds is 6. The van der Waals surface area contributed by atoms with Crippen molar-refractivity contribution in [3.8, 4) is 11.3 Å². The summed E-state index contributed by atoms with van der Waals surface area (Å²) in [4.78, 5) is 19.2. The van der Waals surface area contributed by atoms with E-state index >= 15 is 0 Å². The number of aryl methyl sites for hydroxylation is 1. The molecule has 164 valence electrons. The van der Waals surface area contributed by atoms with Crippen LogP contribution >= 0.6 is 0 Å². The van der Waals surface area contributed by atoms with E-state index in [0.717, 1.165) is 30.8 Å². The van der Waals surface area contributed by atoms with Gasteiger partial charge in [-0.15, -0.1) is 5.10 Å². The molecular formula is C23H25N7O2. The third-order valence-corrected chi connectivity index (χ3v) is 5.76. The van der Waals surface area contributed by atoms with Gasteiger partial charge in [-0.1, -0.05) is 29.5 Å². The summed E-state index contributed by atoms with van der Waals surface area (Å²) < 4.78 is 3.43. The standard InChI is InChI=1S/C23H25N7O2/c1-28-14-20(26-27-28)18-6-7-22-25-21(15-30(22)12-18)23(32)24-10-19(31)13-29-9-8-16-4-2-3-5-17(16)11-29/h2-7,12,14-15,19,31H,8-11,13H2,1H3,(H,24,32)/t19-/m0/s1. The van der Waals surface area contributed by atoms with Gasteiger partial charge < -0.3 is 14.8 Å². The van der Waals surface area contributed by atoms with E-state index in [1.807, 2.05) is 37.6 Å². The van der Waals surface area contributed by atoms with Crippen molar-refractivity contribution in [3.05, 3.63) is 71.8 Å². The van der Waals surface area contributed by atoms with E-state index in [1.165, 1.54) is 11.1 Å². The van der Waals surface area contributed by atoms with E-state index in [-0.39, 0.29) is 12.5 Å². The number of fused-ring (bicyclic) bond motifs is 2. The summed E-state index contributed by atoms with van der Waals surface area (Å²) in [5.41, 5.74) is 5.28. The van der Waals surface area contributed by atoms with Crippen LogP contribution in [0.5, 0.6) is 0 Å². The lowest BCUT2D eigenvalue weighted by Crippen LogP contribution is -2.42. The third-order valence-electron chi connectivity index (χ3n) is 5.76. The number of nitrogens with one attached hydrogen (secondary N) is 1. The number of hydrogen-bond donors (Lipinski definition) is 2. The lowest BCUT2D eigenvalue weighted by Gasteiger charge is -2.30. The molecule has 0 aliphatic carbocycles. The highest BCUT2D eigenvalue weighted by Crippen LogP contribution is 2.19. The van der Waals surface area contributed by atoms with Crippen molar-refractivity contribution >= 4 is 11.6 Å². The Morgan fingerprint density at radius 3 is 2.81 bits per heavy atom. The quantitative estimate of drug-likeness (QED) is 0.477. The monoisotopic (exact) mass is 431 g/mol. The molecule has 9 heteroatoms. The first-order chi connectivity index (χ1) is 15.5. The molecule has 4 heterocycles. The zero-order valence-corrected chi connectivity index (χ0v) is 17.8. The predicted octanol–water partition coefficient (Wildman–Crippen LogP) is 1.28. The first-order valence-electron chi connectivity index (χ1n) is 10.7. The van der Waals surface area contributed by atoms with Crippen LogP contribution in [-0.2, 0) is 20.0 Å². The summed E-state index contributed by atoms with van der Waals surface area (Å²) in [6, 6.07) is 12.1. The van der Waals surface area contributed by atoms with E-state index in [9.17, 15) is 9.90 Å². The maximum atomic E-state index is 12.6. The molecule has 1 aromatic carbocycles. The van der Waals surface area contributed by atoms with Gasteiger partial charge in [0.15, 0.2) is 0 Å². The van der Waals surface area contributed by atoms with Crippen LogP contribution in [-0.4, -0.2) is 66.0 Å². The van der Waals surface area contributed by atoms with Crippen LogP contribution in [0.4, 0.5) is 0 Å². The number of hydrogen-bond acceptors (Lipinski definition) is 6. The molecular weight excluding hydrogens is 406 g/mol. The number of aliphatic hydroxyl groups is 1. The molecule has 0 fully saturated rings. The van der Waals surface area contributed by atoms with E-state index in [0.29, 0.717) is 17.9 Å². The van der Waals surface area contributed by atoms with Crippen molar-refractivity contribution in [2.24, 2.45) is 7.05 Å². The molecule has 5 rings (SSSR count). The van der Waals surface area contributed by atoms with Gasteiger partial charge in [-0.25, -0.2) is 4.98 Å². The molecule has 1 atom stereocenters. The van der Waals surface area contributed by atoms with Gasteiger partial charge in [-0.2, -0.15) is 0 Å². The molecule has 0 radical (unpaired) electrons. The minimum Gasteiger partial charge on any atom is -0.390 e. The zero-order valence-electron chi connectivity index (χ0n) is 17.8. The minimum atomic E-state index is -0.649. The van der Waals surface area contributed by atoms with Crippen LogP contribution < -0.4 is 5.32 Å². The number of benzene rings is 1. The van der Waals surface area contributed by atoms with Crippen LogP contribution in [0.25, 0.3) is 16.9 Å². The molecule has 9 nitrogen and oxygen atoms in total. The lowest BCUT2D eigenvalue weighted by molar-refractivity contribution is 0.0838. The average molecular weight is 432 g/mol. The maximum Gasteiger partial charge on any atom is 0.271 e. The van der Waals surface area contributed by atoms with Gasteiger partial charge in [0.05, 0.1) is 12.3 Å². The van der Waals surface area contributed by atoms with Gasteiger partial charge in [-0.3, -0.25) is 14.4 Å². The van der Waals surface area contributed by atoms with Gasteiger partial charge in [0.2, 0.25) is 0 Å². The minimum absolute atomic E-state index is 0.176. The van der Waals surface area contributed by atoms with Crippen LogP contribution in [0.1, 0.15) is 21.6 Å². The smallest absolute Gasteiger partial charge is 0.271 e. The van der Waals surface area contributed by atoms with Crippen molar-refractivity contribution in [2.45, 2.75) is 19.1 Å². The summed E-state index contributed by atoms with van der Waals surface area (Å²) >= 11 is 0. The lowest BCUT2D eigenvalue weighted by atomic mass is 10.00. The fourth-order valence-corrected chi connectivity index (χ4v) is 4.11. The second-order valence-electron chi connectivity index (χ2n) is 8.20. The number of carbonyl (C=O) groups is 1. The Balaban J connectivity index is 1.18. The molecule has 1 amide bonds. The largest absolute Gasteiger partial charge is 0.390 e. The molecule has 0 spiro atoms. The van der Waals surface area contributed by atoms with Crippen LogP contribution in [0.2, 0.25) is 0 Å². The van der Waals surface area contributed by atoms with Crippen molar-refractivity contribution < 1.29 is 9.90 Å². The number of β-amino-alcohol motifs (C(OH)–C–C–N with tert-alkyl or cyclic N) is 1. The van der Waals surface area contributed by atoms with Crippen molar-refractivity contribution in [1.29, 1.82) is 0 Å². The van der Waals surface area contributed by atoms with Gasteiger partial charge in [0.25, 0.3) is 5.91 Å². The van der Waals surface area contributed by atoms with E-state index in [1.54, 1.807) is 15.3 Å². The highest BCUT2D eigenvalue weighted by molar-refractivity contribution is 5.92. The summed E-state index contributed by atoms with van der Waals surface area (Å²) in [6.07, 6.45) is 5.70. The van der Waals surface area contributed by atoms with Gasteiger partial charge in [-0.05, 0) is 29.7 Å². The Kier molecular flexibility index (Phi) is 5.42. The van der Waals surface area contributed by atoms with Gasteiger partial charge in [0, 0.05) is 51.2 Å². The highest BCUT2D eigenvalue weighted by atomic mass is 16.3. The fourth-order valence-electron chi connectivity index (χ4n) is 4.11. The molecule has 4 aromatic rings. The normalized spacial score (nSPS) is 14.9. The Hall–Kier alpha value is -3.56. The number of aromatic nitrogens is 5. The van der Waals surface area contributed by atoms with E-state index in [4.69, 9.17) is 0 Å². The number of nitrogens with zero attached hydrogens (tertiary/aromatic N) is 6. The number of aliphatic hydroxyl groups excluding tert-OH is 1. The first kappa shape index (κ1) is 20.3. The summed E-state index contributed by atoms with van der Waals surface area (Å²) in [6.45, 7) is 2.42. The zero-order chi connectivity index (χ0) is 22.1. The molecule has 0 unspecified atom stereocenters.